The largest absolute Gasteiger partial charge is 0.487 e. The van der Waals surface area contributed by atoms with E-state index in [2.05, 4.69) is 10.6 Å². The Morgan fingerprint density at radius 2 is 2.14 bits per heavy atom. The van der Waals surface area contributed by atoms with E-state index in [0.29, 0.717) is 13.2 Å². The maximum atomic E-state index is 12.6. The Morgan fingerprint density at radius 3 is 2.91 bits per heavy atom. The molecule has 5 nitrogen and oxygen atoms in total. The van der Waals surface area contributed by atoms with E-state index in [0.717, 1.165) is 17.7 Å². The van der Waals surface area contributed by atoms with Crippen molar-refractivity contribution in [3.8, 4) is 5.75 Å². The Kier molecular flexibility index (Phi) is 4.10. The zero-order chi connectivity index (χ0) is 15.7. The van der Waals surface area contributed by atoms with E-state index >= 15 is 0 Å². The van der Waals surface area contributed by atoms with Crippen molar-refractivity contribution in [3.63, 3.8) is 0 Å². The number of carbonyl (C=O) groups excluding carboxylic acids is 1. The van der Waals surface area contributed by atoms with Gasteiger partial charge in [-0.3, -0.25) is 4.79 Å². The average molecular weight is 304 g/mol. The molecule has 120 valence electrons. The number of nitrogens with one attached hydrogen (secondary N) is 2. The molecule has 0 bridgehead atoms. The van der Waals surface area contributed by atoms with Crippen molar-refractivity contribution in [3.05, 3.63) is 29.8 Å². The Hall–Kier alpha value is -1.59. The van der Waals surface area contributed by atoms with Gasteiger partial charge in [0, 0.05) is 18.5 Å². The summed E-state index contributed by atoms with van der Waals surface area (Å²) in [6.45, 7) is 7.38. The van der Waals surface area contributed by atoms with Gasteiger partial charge in [-0.05, 0) is 26.8 Å². The van der Waals surface area contributed by atoms with E-state index in [4.69, 9.17) is 9.47 Å². The van der Waals surface area contributed by atoms with Gasteiger partial charge in [-0.25, -0.2) is 0 Å². The molecule has 0 radical (unpaired) electrons. The lowest BCUT2D eigenvalue weighted by atomic mass is 9.89. The minimum absolute atomic E-state index is 0.00953. The smallest absolute Gasteiger partial charge is 0.240 e. The molecule has 2 aliphatic rings. The second-order valence-electron chi connectivity index (χ2n) is 6.67. The molecule has 1 fully saturated rings. The van der Waals surface area contributed by atoms with Gasteiger partial charge >= 0.3 is 0 Å². The quantitative estimate of drug-likeness (QED) is 0.874. The van der Waals surface area contributed by atoms with E-state index in [-0.39, 0.29) is 29.7 Å². The van der Waals surface area contributed by atoms with Crippen molar-refractivity contribution in [2.24, 2.45) is 0 Å². The molecule has 1 saturated heterocycles. The van der Waals surface area contributed by atoms with Crippen LogP contribution in [0.2, 0.25) is 0 Å². The summed E-state index contributed by atoms with van der Waals surface area (Å²) in [6, 6.07) is 7.57. The molecule has 1 aromatic rings. The summed E-state index contributed by atoms with van der Waals surface area (Å²) >= 11 is 0. The van der Waals surface area contributed by atoms with Crippen LogP contribution in [-0.4, -0.2) is 36.8 Å². The normalized spacial score (nSPS) is 30.0. The highest BCUT2D eigenvalue weighted by Gasteiger charge is 2.36. The van der Waals surface area contributed by atoms with Gasteiger partial charge in [-0.1, -0.05) is 18.2 Å². The molecule has 0 spiro atoms. The lowest BCUT2D eigenvalue weighted by Gasteiger charge is -2.39. The Morgan fingerprint density at radius 1 is 1.36 bits per heavy atom. The monoisotopic (exact) mass is 304 g/mol. The predicted molar refractivity (Wildman–Crippen MR) is 83.9 cm³/mol. The highest BCUT2D eigenvalue weighted by Crippen LogP contribution is 2.39. The highest BCUT2D eigenvalue weighted by atomic mass is 16.5. The molecule has 2 aliphatic heterocycles. The number of hydrogen-bond donors (Lipinski definition) is 2. The third-order valence-electron chi connectivity index (χ3n) is 4.29. The van der Waals surface area contributed by atoms with Crippen molar-refractivity contribution in [1.82, 2.24) is 10.6 Å². The van der Waals surface area contributed by atoms with Crippen LogP contribution in [0.1, 0.15) is 38.8 Å². The van der Waals surface area contributed by atoms with E-state index < -0.39 is 0 Å². The summed E-state index contributed by atoms with van der Waals surface area (Å²) in [5, 5.41) is 6.40. The number of fused-ring (bicyclic) bond motifs is 1. The van der Waals surface area contributed by atoms with Gasteiger partial charge < -0.3 is 20.1 Å². The van der Waals surface area contributed by atoms with Crippen LogP contribution >= 0.6 is 0 Å². The molecule has 1 aromatic carbocycles. The van der Waals surface area contributed by atoms with Gasteiger partial charge in [-0.2, -0.15) is 0 Å². The van der Waals surface area contributed by atoms with Crippen molar-refractivity contribution in [1.29, 1.82) is 0 Å². The fraction of sp³-hybridized carbons (Fsp3) is 0.588. The molecule has 3 rings (SSSR count). The van der Waals surface area contributed by atoms with Crippen LogP contribution in [0.15, 0.2) is 24.3 Å². The number of morpholine rings is 1. The number of rotatable bonds is 2. The highest BCUT2D eigenvalue weighted by molar-refractivity contribution is 5.83. The standard InChI is InChI=1S/C17H24N2O3/c1-11-15(18-8-9-21-11)16(20)19-13-10-17(2,3)22-14-7-5-4-6-12(13)14/h4-7,11,13,15,18H,8-10H2,1-3H3,(H,19,20)/t11-,13?,15+/m1/s1. The topological polar surface area (TPSA) is 59.6 Å². The SMILES string of the molecule is C[C@H]1OCCN[C@@H]1C(=O)NC1CC(C)(C)Oc2ccccc21. The Balaban J connectivity index is 1.78. The maximum Gasteiger partial charge on any atom is 0.240 e. The molecule has 22 heavy (non-hydrogen) atoms. The van der Waals surface area contributed by atoms with Crippen molar-refractivity contribution in [2.75, 3.05) is 13.2 Å². The zero-order valence-electron chi connectivity index (χ0n) is 13.4. The fourth-order valence-corrected chi connectivity index (χ4v) is 3.22. The van der Waals surface area contributed by atoms with Crippen LogP contribution in [0.5, 0.6) is 5.75 Å². The molecule has 0 aromatic heterocycles. The van der Waals surface area contributed by atoms with Crippen molar-refractivity contribution < 1.29 is 14.3 Å². The number of hydrogen-bond acceptors (Lipinski definition) is 4. The van der Waals surface area contributed by atoms with Crippen LogP contribution in [0.4, 0.5) is 0 Å². The van der Waals surface area contributed by atoms with Crippen molar-refractivity contribution in [2.45, 2.75) is 51.0 Å². The van der Waals surface area contributed by atoms with Gasteiger partial charge in [0.05, 0.1) is 18.8 Å². The number of carbonyl (C=O) groups is 1. The minimum atomic E-state index is -0.299. The third kappa shape index (κ3) is 3.10. The number of amides is 1. The first-order chi connectivity index (χ1) is 10.5. The Bertz CT molecular complexity index is 559. The lowest BCUT2D eigenvalue weighted by Crippen LogP contribution is -2.56. The Labute approximate surface area is 131 Å². The molecule has 2 heterocycles. The molecular weight excluding hydrogens is 280 g/mol. The van der Waals surface area contributed by atoms with Crippen LogP contribution in [0.25, 0.3) is 0 Å². The minimum Gasteiger partial charge on any atom is -0.487 e. The number of ether oxygens (including phenoxy) is 2. The van der Waals surface area contributed by atoms with Gasteiger partial charge in [0.1, 0.15) is 17.4 Å². The first-order valence-corrected chi connectivity index (χ1v) is 7.89. The summed E-state index contributed by atoms with van der Waals surface area (Å²) in [4.78, 5) is 12.6. The summed E-state index contributed by atoms with van der Waals surface area (Å²) in [5.41, 5.74) is 0.744. The molecule has 3 atom stereocenters. The van der Waals surface area contributed by atoms with E-state index in [1.54, 1.807) is 0 Å². The zero-order valence-corrected chi connectivity index (χ0v) is 13.4. The van der Waals surface area contributed by atoms with Crippen LogP contribution in [0.3, 0.4) is 0 Å². The summed E-state index contributed by atoms with van der Waals surface area (Å²) in [7, 11) is 0. The number of para-hydroxylation sites is 1. The predicted octanol–water partition coefficient (Wildman–Crippen LogP) is 1.78. The summed E-state index contributed by atoms with van der Waals surface area (Å²) in [5.74, 6) is 0.842. The summed E-state index contributed by atoms with van der Waals surface area (Å²) < 4.78 is 11.6. The second kappa shape index (κ2) is 5.89. The molecule has 0 saturated carbocycles. The molecule has 1 unspecified atom stereocenters. The van der Waals surface area contributed by atoms with Crippen LogP contribution < -0.4 is 15.4 Å². The lowest BCUT2D eigenvalue weighted by molar-refractivity contribution is -0.130. The van der Waals surface area contributed by atoms with Gasteiger partial charge in [0.25, 0.3) is 0 Å². The fourth-order valence-electron chi connectivity index (χ4n) is 3.22. The molecule has 2 N–H and O–H groups in total. The second-order valence-corrected chi connectivity index (χ2v) is 6.67. The van der Waals surface area contributed by atoms with Gasteiger partial charge in [0.2, 0.25) is 5.91 Å². The maximum absolute atomic E-state index is 12.6. The van der Waals surface area contributed by atoms with E-state index in [1.807, 2.05) is 45.0 Å². The van der Waals surface area contributed by atoms with E-state index in [1.165, 1.54) is 0 Å². The van der Waals surface area contributed by atoms with Crippen LogP contribution in [0, 0.1) is 0 Å². The van der Waals surface area contributed by atoms with Gasteiger partial charge in [-0.15, -0.1) is 0 Å². The van der Waals surface area contributed by atoms with Gasteiger partial charge in [0.15, 0.2) is 0 Å². The molecule has 5 heteroatoms. The number of benzene rings is 1. The average Bonchev–Trinajstić information content (AvgIpc) is 2.46. The first-order valence-electron chi connectivity index (χ1n) is 7.89. The van der Waals surface area contributed by atoms with Crippen molar-refractivity contribution >= 4 is 5.91 Å². The summed E-state index contributed by atoms with van der Waals surface area (Å²) in [6.07, 6.45) is 0.634. The van der Waals surface area contributed by atoms with Crippen LogP contribution in [-0.2, 0) is 9.53 Å². The molecule has 0 aliphatic carbocycles. The molecular formula is C17H24N2O3. The molecule has 1 amide bonds. The third-order valence-corrected chi connectivity index (χ3v) is 4.29. The van der Waals surface area contributed by atoms with E-state index in [9.17, 15) is 4.79 Å². The first kappa shape index (κ1) is 15.3.